The van der Waals surface area contributed by atoms with Crippen LogP contribution >= 0.6 is 15.9 Å². The zero-order valence-electron chi connectivity index (χ0n) is 10.3. The molecule has 0 aromatic carbocycles. The Morgan fingerprint density at radius 1 is 1.50 bits per heavy atom. The van der Waals surface area contributed by atoms with Gasteiger partial charge in [-0.2, -0.15) is 0 Å². The molecule has 1 heterocycles. The highest BCUT2D eigenvalue weighted by molar-refractivity contribution is 9.08. The maximum atomic E-state index is 12.2. The number of pyridine rings is 1. The van der Waals surface area contributed by atoms with Crippen molar-refractivity contribution in [3.63, 3.8) is 0 Å². The fraction of sp³-hybridized carbons (Fsp3) is 0.455. The molecular weight excluding hydrogens is 347 g/mol. The summed E-state index contributed by atoms with van der Waals surface area (Å²) in [7, 11) is 0. The number of halogens is 4. The van der Waals surface area contributed by atoms with Crippen LogP contribution in [0.4, 0.5) is 13.2 Å². The molecule has 0 radical (unpaired) electrons. The molecule has 0 spiro atoms. The first-order valence-corrected chi connectivity index (χ1v) is 6.58. The summed E-state index contributed by atoms with van der Waals surface area (Å²) in [6.45, 7) is 1.72. The molecule has 1 N–H and O–H groups in total. The Bertz CT molecular complexity index is 493. The minimum absolute atomic E-state index is 0.0489. The van der Waals surface area contributed by atoms with Crippen molar-refractivity contribution in [2.45, 2.75) is 25.0 Å². The zero-order valence-corrected chi connectivity index (χ0v) is 11.9. The summed E-state index contributed by atoms with van der Waals surface area (Å²) < 4.78 is 44.9. The maximum absolute atomic E-state index is 12.2. The molecule has 0 bridgehead atoms. The van der Waals surface area contributed by atoms with Crippen LogP contribution in [-0.2, 0) is 21.3 Å². The van der Waals surface area contributed by atoms with Gasteiger partial charge in [-0.15, -0.1) is 13.2 Å². The summed E-state index contributed by atoms with van der Waals surface area (Å²) in [5, 5.41) is 9.81. The monoisotopic (exact) mass is 357 g/mol. The van der Waals surface area contributed by atoms with E-state index in [-0.39, 0.29) is 29.6 Å². The Morgan fingerprint density at radius 3 is 2.65 bits per heavy atom. The number of carbonyl (C=O) groups is 1. The van der Waals surface area contributed by atoms with E-state index in [0.717, 1.165) is 0 Å². The van der Waals surface area contributed by atoms with Crippen molar-refractivity contribution in [3.8, 4) is 11.6 Å². The first-order valence-electron chi connectivity index (χ1n) is 5.46. The van der Waals surface area contributed by atoms with E-state index >= 15 is 0 Å². The van der Waals surface area contributed by atoms with Gasteiger partial charge in [-0.3, -0.25) is 4.79 Å². The van der Waals surface area contributed by atoms with Gasteiger partial charge in [-0.05, 0) is 13.0 Å². The van der Waals surface area contributed by atoms with Crippen LogP contribution in [0.2, 0.25) is 0 Å². The molecule has 112 valence electrons. The Kier molecular flexibility index (Phi) is 5.61. The molecule has 1 rings (SSSR count). The third-order valence-electron chi connectivity index (χ3n) is 2.08. The van der Waals surface area contributed by atoms with Crippen molar-refractivity contribution >= 4 is 21.9 Å². The molecule has 5 nitrogen and oxygen atoms in total. The second kappa shape index (κ2) is 6.78. The van der Waals surface area contributed by atoms with Crippen molar-refractivity contribution in [1.29, 1.82) is 0 Å². The van der Waals surface area contributed by atoms with Gasteiger partial charge >= 0.3 is 12.3 Å². The third kappa shape index (κ3) is 4.87. The van der Waals surface area contributed by atoms with E-state index in [2.05, 4.69) is 30.4 Å². The molecule has 20 heavy (non-hydrogen) atoms. The largest absolute Gasteiger partial charge is 0.574 e. The van der Waals surface area contributed by atoms with Gasteiger partial charge in [0.25, 0.3) is 5.88 Å². The van der Waals surface area contributed by atoms with Crippen LogP contribution in [0.15, 0.2) is 6.07 Å². The van der Waals surface area contributed by atoms with Gasteiger partial charge < -0.3 is 14.6 Å². The van der Waals surface area contributed by atoms with Crippen molar-refractivity contribution in [2.24, 2.45) is 0 Å². The predicted molar refractivity (Wildman–Crippen MR) is 65.6 cm³/mol. The fourth-order valence-electron chi connectivity index (χ4n) is 1.37. The summed E-state index contributed by atoms with van der Waals surface area (Å²) >= 11 is 3.03. The molecule has 0 saturated carbocycles. The molecule has 0 fully saturated rings. The highest BCUT2D eigenvalue weighted by atomic mass is 79.9. The average molecular weight is 358 g/mol. The van der Waals surface area contributed by atoms with Gasteiger partial charge in [0.1, 0.15) is 0 Å². The van der Waals surface area contributed by atoms with Crippen molar-refractivity contribution < 1.29 is 32.5 Å². The molecule has 9 heteroatoms. The Balaban J connectivity index is 3.10. The molecule has 0 aliphatic rings. The van der Waals surface area contributed by atoms with Crippen LogP contribution in [0.5, 0.6) is 11.6 Å². The Hall–Kier alpha value is -1.51. The number of rotatable bonds is 5. The van der Waals surface area contributed by atoms with Crippen LogP contribution in [0.25, 0.3) is 0 Å². The summed E-state index contributed by atoms with van der Waals surface area (Å²) in [6.07, 6.45) is -5.37. The van der Waals surface area contributed by atoms with Gasteiger partial charge in [0.2, 0.25) is 0 Å². The minimum atomic E-state index is -4.99. The topological polar surface area (TPSA) is 68.7 Å². The summed E-state index contributed by atoms with van der Waals surface area (Å²) in [6, 6.07) is 1.30. The third-order valence-corrected chi connectivity index (χ3v) is 2.66. The lowest BCUT2D eigenvalue weighted by Crippen LogP contribution is -2.19. The Labute approximate surface area is 120 Å². The molecule has 1 aromatic heterocycles. The van der Waals surface area contributed by atoms with Crippen molar-refractivity contribution in [2.75, 3.05) is 6.61 Å². The molecule has 0 unspecified atom stereocenters. The SMILES string of the molecule is CCOC(=O)Cc1cc(CBr)nc(OC(F)(F)F)c1O. The second-order valence-corrected chi connectivity index (χ2v) is 4.15. The lowest BCUT2D eigenvalue weighted by molar-refractivity contribution is -0.276. The normalized spacial score (nSPS) is 11.2. The van der Waals surface area contributed by atoms with Crippen LogP contribution in [0.3, 0.4) is 0 Å². The van der Waals surface area contributed by atoms with E-state index in [4.69, 9.17) is 0 Å². The van der Waals surface area contributed by atoms with E-state index < -0.39 is 24.0 Å². The second-order valence-electron chi connectivity index (χ2n) is 3.59. The quantitative estimate of drug-likeness (QED) is 0.648. The number of aromatic hydroxyl groups is 1. The van der Waals surface area contributed by atoms with Gasteiger partial charge in [-0.1, -0.05) is 15.9 Å². The number of nitrogens with zero attached hydrogens (tertiary/aromatic N) is 1. The van der Waals surface area contributed by atoms with Crippen molar-refractivity contribution in [3.05, 3.63) is 17.3 Å². The van der Waals surface area contributed by atoms with Gasteiger partial charge in [0.05, 0.1) is 18.7 Å². The summed E-state index contributed by atoms with van der Waals surface area (Å²) in [4.78, 5) is 14.8. The summed E-state index contributed by atoms with van der Waals surface area (Å²) in [5.41, 5.74) is 0.133. The molecule has 0 amide bonds. The van der Waals surface area contributed by atoms with Gasteiger partial charge in [-0.25, -0.2) is 4.98 Å². The smallest absolute Gasteiger partial charge is 0.503 e. The van der Waals surface area contributed by atoms with Crippen LogP contribution in [0, 0.1) is 0 Å². The summed E-state index contributed by atoms with van der Waals surface area (Å²) in [5.74, 6) is -2.50. The molecule has 0 atom stereocenters. The lowest BCUT2D eigenvalue weighted by atomic mass is 10.1. The number of carbonyl (C=O) groups excluding carboxylic acids is 1. The highest BCUT2D eigenvalue weighted by Crippen LogP contribution is 2.33. The zero-order chi connectivity index (χ0) is 15.3. The van der Waals surface area contributed by atoms with Crippen LogP contribution in [0.1, 0.15) is 18.2 Å². The van der Waals surface area contributed by atoms with Crippen molar-refractivity contribution in [1.82, 2.24) is 4.98 Å². The molecular formula is C11H11BrF3NO4. The van der Waals surface area contributed by atoms with E-state index in [1.807, 2.05) is 0 Å². The Morgan fingerprint density at radius 2 is 2.15 bits per heavy atom. The number of hydrogen-bond donors (Lipinski definition) is 1. The minimum Gasteiger partial charge on any atom is -0.503 e. The number of aromatic nitrogens is 1. The number of hydrogen-bond acceptors (Lipinski definition) is 5. The first kappa shape index (κ1) is 16.5. The standard InChI is InChI=1S/C11H11BrF3NO4/c1-2-19-8(17)4-6-3-7(5-12)16-10(9(6)18)20-11(13,14)15/h3,18H,2,4-5H2,1H3. The average Bonchev–Trinajstić information content (AvgIpc) is 2.32. The van der Waals surface area contributed by atoms with Gasteiger partial charge in [0, 0.05) is 10.9 Å². The van der Waals surface area contributed by atoms with Gasteiger partial charge in [0.15, 0.2) is 5.75 Å². The number of ether oxygens (including phenoxy) is 2. The molecule has 0 aliphatic carbocycles. The molecule has 0 saturated heterocycles. The lowest BCUT2D eigenvalue weighted by Gasteiger charge is -2.13. The first-order chi connectivity index (χ1) is 9.26. The van der Waals surface area contributed by atoms with Crippen LogP contribution in [-0.4, -0.2) is 29.0 Å². The van der Waals surface area contributed by atoms with E-state index in [0.29, 0.717) is 0 Å². The highest BCUT2D eigenvalue weighted by Gasteiger charge is 2.34. The number of alkyl halides is 4. The maximum Gasteiger partial charge on any atom is 0.574 e. The van der Waals surface area contributed by atoms with E-state index in [9.17, 15) is 23.1 Å². The predicted octanol–water partition coefficient (Wildman–Crippen LogP) is 2.69. The van der Waals surface area contributed by atoms with E-state index in [1.165, 1.54) is 6.07 Å². The molecule has 0 aliphatic heterocycles. The fourth-order valence-corrected chi connectivity index (χ4v) is 1.66. The van der Waals surface area contributed by atoms with E-state index in [1.54, 1.807) is 6.92 Å². The molecule has 1 aromatic rings. The van der Waals surface area contributed by atoms with Crippen LogP contribution < -0.4 is 4.74 Å². The number of esters is 1.